The van der Waals surface area contributed by atoms with Crippen LogP contribution in [0.5, 0.6) is 0 Å². The van der Waals surface area contributed by atoms with Gasteiger partial charge in [-0.05, 0) is 6.42 Å². The molecule has 0 aromatic carbocycles. The maximum Gasteiger partial charge on any atom is 0.205 e. The van der Waals surface area contributed by atoms with Gasteiger partial charge in [-0.3, -0.25) is 0 Å². The molecule has 2 heterocycles. The summed E-state index contributed by atoms with van der Waals surface area (Å²) in [5.74, 6) is 1.60. The first-order valence-corrected chi connectivity index (χ1v) is 8.19. The molecule has 5 heteroatoms. The van der Waals surface area contributed by atoms with Crippen molar-refractivity contribution in [3.63, 3.8) is 0 Å². The number of nitrogens with zero attached hydrogens (tertiary/aromatic N) is 3. The number of fused-ring (bicyclic) bond motifs is 1. The molecule has 3 rings (SSSR count). The summed E-state index contributed by atoms with van der Waals surface area (Å²) in [4.78, 5) is 7.09. The predicted octanol–water partition coefficient (Wildman–Crippen LogP) is 3.09. The van der Waals surface area contributed by atoms with Gasteiger partial charge in [0.25, 0.3) is 0 Å². The average molecular weight is 295 g/mol. The lowest BCUT2D eigenvalue weighted by Crippen LogP contribution is -2.66. The molecule has 0 radical (unpaired) electrons. The van der Waals surface area contributed by atoms with E-state index in [0.29, 0.717) is 18.1 Å². The Hall–Kier alpha value is -0.680. The number of anilines is 1. The van der Waals surface area contributed by atoms with Gasteiger partial charge in [-0.25, -0.2) is 4.98 Å². The fourth-order valence-electron chi connectivity index (χ4n) is 3.87. The first-order chi connectivity index (χ1) is 9.23. The van der Waals surface area contributed by atoms with Gasteiger partial charge in [0, 0.05) is 48.0 Å². The van der Waals surface area contributed by atoms with Crippen LogP contribution in [0, 0.1) is 11.3 Å². The molecule has 3 atom stereocenters. The van der Waals surface area contributed by atoms with Crippen molar-refractivity contribution in [3.8, 4) is 0 Å². The molecule has 1 aliphatic heterocycles. The first-order valence-electron chi connectivity index (χ1n) is 7.41. The number of hydrogen-bond acceptors (Lipinski definition) is 5. The molecule has 3 unspecified atom stereocenters. The third kappa shape index (κ3) is 1.98. The van der Waals surface area contributed by atoms with Crippen LogP contribution in [0.2, 0.25) is 0 Å². The lowest BCUT2D eigenvalue weighted by Gasteiger charge is -2.57. The van der Waals surface area contributed by atoms with Crippen LogP contribution in [0.4, 0.5) is 5.13 Å². The molecule has 1 aromatic heterocycles. The van der Waals surface area contributed by atoms with Gasteiger partial charge in [0.05, 0.1) is 6.10 Å². The Morgan fingerprint density at radius 2 is 2.05 bits per heavy atom. The van der Waals surface area contributed by atoms with Crippen molar-refractivity contribution in [2.75, 3.05) is 18.6 Å². The molecular weight excluding hydrogens is 270 g/mol. The van der Waals surface area contributed by atoms with Crippen molar-refractivity contribution in [2.24, 2.45) is 11.3 Å². The monoisotopic (exact) mass is 295 g/mol. The normalized spacial score (nSPS) is 31.8. The summed E-state index contributed by atoms with van der Waals surface area (Å²) in [5, 5.41) is 1.04. The Morgan fingerprint density at radius 3 is 2.65 bits per heavy atom. The Bertz CT molecular complexity index is 505. The van der Waals surface area contributed by atoms with E-state index in [2.05, 4.69) is 50.9 Å². The van der Waals surface area contributed by atoms with E-state index < -0.39 is 0 Å². The van der Waals surface area contributed by atoms with E-state index in [9.17, 15) is 0 Å². The van der Waals surface area contributed by atoms with Crippen LogP contribution in [-0.4, -0.2) is 35.2 Å². The molecule has 0 amide bonds. The minimum absolute atomic E-state index is 0.0176. The molecule has 1 aliphatic carbocycles. The second kappa shape index (κ2) is 4.41. The number of ether oxygens (including phenoxy) is 1. The summed E-state index contributed by atoms with van der Waals surface area (Å²) in [6.45, 7) is 12.0. The smallest absolute Gasteiger partial charge is 0.205 e. The van der Waals surface area contributed by atoms with Crippen LogP contribution < -0.4 is 4.90 Å². The Balaban J connectivity index is 1.82. The van der Waals surface area contributed by atoms with Crippen LogP contribution in [0.1, 0.15) is 46.9 Å². The number of aromatic nitrogens is 2. The van der Waals surface area contributed by atoms with Gasteiger partial charge in [0.15, 0.2) is 0 Å². The van der Waals surface area contributed by atoms with Gasteiger partial charge < -0.3 is 9.64 Å². The highest BCUT2D eigenvalue weighted by Crippen LogP contribution is 2.55. The van der Waals surface area contributed by atoms with E-state index in [1.807, 2.05) is 0 Å². The van der Waals surface area contributed by atoms with Crippen molar-refractivity contribution in [1.29, 1.82) is 0 Å². The molecule has 0 N–H and O–H groups in total. The molecule has 20 heavy (non-hydrogen) atoms. The predicted molar refractivity (Wildman–Crippen MR) is 82.4 cm³/mol. The highest BCUT2D eigenvalue weighted by atomic mass is 32.1. The highest BCUT2D eigenvalue weighted by molar-refractivity contribution is 7.09. The van der Waals surface area contributed by atoms with Crippen molar-refractivity contribution in [1.82, 2.24) is 9.36 Å². The van der Waals surface area contributed by atoms with Gasteiger partial charge in [-0.1, -0.05) is 34.6 Å². The largest absolute Gasteiger partial charge is 0.377 e. The lowest BCUT2D eigenvalue weighted by atomic mass is 9.57. The van der Waals surface area contributed by atoms with Crippen molar-refractivity contribution in [2.45, 2.75) is 58.6 Å². The fourth-order valence-corrected chi connectivity index (χ4v) is 4.72. The van der Waals surface area contributed by atoms with Crippen molar-refractivity contribution < 1.29 is 4.74 Å². The summed E-state index contributed by atoms with van der Waals surface area (Å²) in [6, 6.07) is 0.510. The standard InChI is InChI=1S/C15H25N3OS/c1-14(2,3)12-16-13(20-17-12)18(6)10-9-7-8-19-11(9)15(10,4)5/h9-11H,7-8H2,1-6H3. The zero-order valence-electron chi connectivity index (χ0n) is 13.3. The third-order valence-electron chi connectivity index (χ3n) is 4.84. The van der Waals surface area contributed by atoms with Crippen LogP contribution in [0.3, 0.4) is 0 Å². The first kappa shape index (κ1) is 14.3. The summed E-state index contributed by atoms with van der Waals surface area (Å²) in [5.41, 5.74) is 0.215. The van der Waals surface area contributed by atoms with Crippen molar-refractivity contribution in [3.05, 3.63) is 5.82 Å². The quantitative estimate of drug-likeness (QED) is 0.840. The molecule has 1 aromatic rings. The maximum absolute atomic E-state index is 5.88. The van der Waals surface area contributed by atoms with E-state index >= 15 is 0 Å². The van der Waals surface area contributed by atoms with E-state index in [1.165, 1.54) is 18.0 Å². The molecule has 2 aliphatic rings. The minimum Gasteiger partial charge on any atom is -0.377 e. The minimum atomic E-state index is 0.0176. The van der Waals surface area contributed by atoms with Gasteiger partial charge in [-0.2, -0.15) is 4.37 Å². The zero-order chi connectivity index (χ0) is 14.7. The Morgan fingerprint density at radius 1 is 1.35 bits per heavy atom. The van der Waals surface area contributed by atoms with Gasteiger partial charge in [0.1, 0.15) is 5.82 Å². The maximum atomic E-state index is 5.88. The van der Waals surface area contributed by atoms with Crippen molar-refractivity contribution >= 4 is 16.7 Å². The summed E-state index contributed by atoms with van der Waals surface area (Å²) in [7, 11) is 2.16. The fraction of sp³-hybridized carbons (Fsp3) is 0.867. The molecule has 1 saturated carbocycles. The second-order valence-corrected chi connectivity index (χ2v) is 8.50. The van der Waals surface area contributed by atoms with Gasteiger partial charge >= 0.3 is 0 Å². The summed E-state index contributed by atoms with van der Waals surface area (Å²) < 4.78 is 10.4. The molecule has 112 valence electrons. The zero-order valence-corrected chi connectivity index (χ0v) is 14.1. The molecule has 2 fully saturated rings. The van der Waals surface area contributed by atoms with E-state index in [-0.39, 0.29) is 10.8 Å². The van der Waals surface area contributed by atoms with Crippen LogP contribution >= 0.6 is 11.5 Å². The Kier molecular flexibility index (Phi) is 3.14. The van der Waals surface area contributed by atoms with Crippen LogP contribution in [-0.2, 0) is 10.2 Å². The van der Waals surface area contributed by atoms with Gasteiger partial charge in [-0.15, -0.1) is 0 Å². The molecular formula is C15H25N3OS. The third-order valence-corrected chi connectivity index (χ3v) is 5.65. The molecule has 0 spiro atoms. The Labute approximate surface area is 125 Å². The average Bonchev–Trinajstić information content (AvgIpc) is 2.94. The van der Waals surface area contributed by atoms with E-state index in [1.54, 1.807) is 0 Å². The molecule has 0 bridgehead atoms. The van der Waals surface area contributed by atoms with Crippen LogP contribution in [0.25, 0.3) is 0 Å². The summed E-state index contributed by atoms with van der Waals surface area (Å²) >= 11 is 1.52. The van der Waals surface area contributed by atoms with Gasteiger partial charge in [0.2, 0.25) is 5.13 Å². The molecule has 4 nitrogen and oxygen atoms in total. The van der Waals surface area contributed by atoms with Crippen LogP contribution in [0.15, 0.2) is 0 Å². The highest BCUT2D eigenvalue weighted by Gasteiger charge is 2.61. The number of rotatable bonds is 2. The summed E-state index contributed by atoms with van der Waals surface area (Å²) in [6.07, 6.45) is 1.60. The second-order valence-electron chi connectivity index (χ2n) is 7.77. The number of hydrogen-bond donors (Lipinski definition) is 0. The SMILES string of the molecule is CN(c1nc(C(C)(C)C)ns1)C1C2CCOC2C1(C)C. The van der Waals surface area contributed by atoms with E-state index in [4.69, 9.17) is 9.72 Å². The van der Waals surface area contributed by atoms with E-state index in [0.717, 1.165) is 17.6 Å². The topological polar surface area (TPSA) is 38.2 Å². The lowest BCUT2D eigenvalue weighted by molar-refractivity contribution is -0.101. The molecule has 1 saturated heterocycles.